The molecule has 2 N–H and O–H groups in total. The number of halogens is 1. The minimum Gasteiger partial charge on any atom is -0.267 e. The van der Waals surface area contributed by atoms with Crippen molar-refractivity contribution in [2.75, 3.05) is 5.01 Å². The van der Waals surface area contributed by atoms with E-state index < -0.39 is 10.0 Å². The Bertz CT molecular complexity index is 1010. The molecule has 128 valence electrons. The molecule has 3 rings (SSSR count). The molecule has 2 aromatic carbocycles. The molecule has 0 saturated carbocycles. The Morgan fingerprint density at radius 1 is 1.12 bits per heavy atom. The van der Waals surface area contributed by atoms with Gasteiger partial charge < -0.3 is 0 Å². The Morgan fingerprint density at radius 2 is 1.76 bits per heavy atom. The van der Waals surface area contributed by atoms with Crippen LogP contribution in [-0.2, 0) is 14.8 Å². The number of hydrogen-bond acceptors (Lipinski definition) is 4. The predicted octanol–water partition coefficient (Wildman–Crippen LogP) is 2.79. The summed E-state index contributed by atoms with van der Waals surface area (Å²) in [5, 5.41) is 11.1. The van der Waals surface area contributed by atoms with Crippen molar-refractivity contribution in [2.45, 2.75) is 11.8 Å². The molecule has 6 nitrogen and oxygen atoms in total. The Balaban J connectivity index is 1.94. The van der Waals surface area contributed by atoms with Gasteiger partial charge in [0.25, 0.3) is 5.91 Å². The lowest BCUT2D eigenvalue weighted by molar-refractivity contribution is -0.114. The molecule has 8 heteroatoms. The summed E-state index contributed by atoms with van der Waals surface area (Å²) in [5.74, 6) is -0.319. The molecular weight excluding hydrogens is 362 g/mol. The summed E-state index contributed by atoms with van der Waals surface area (Å²) in [5.41, 5.74) is 2.12. The monoisotopic (exact) mass is 375 g/mol. The molecule has 0 saturated heterocycles. The molecule has 0 bridgehead atoms. The highest BCUT2D eigenvalue weighted by Crippen LogP contribution is 2.27. The van der Waals surface area contributed by atoms with Gasteiger partial charge in [-0.15, -0.1) is 0 Å². The second-order valence-electron chi connectivity index (χ2n) is 5.42. The number of rotatable bonds is 3. The molecule has 0 aromatic heterocycles. The van der Waals surface area contributed by atoms with Crippen molar-refractivity contribution in [1.29, 1.82) is 0 Å². The number of nitrogens with two attached hydrogens (primary N) is 1. The zero-order valence-electron chi connectivity index (χ0n) is 13.2. The number of carbonyl (C=O) groups excluding carboxylic acids is 1. The van der Waals surface area contributed by atoms with Crippen LogP contribution in [0.3, 0.4) is 0 Å². The highest BCUT2D eigenvalue weighted by atomic mass is 35.5. The summed E-state index contributed by atoms with van der Waals surface area (Å²) in [4.78, 5) is 12.6. The van der Waals surface area contributed by atoms with E-state index >= 15 is 0 Å². The SMILES string of the molecule is CC1=NN(c2ccc(S(N)(=O)=O)cc2)C(=O)/C1=C\c1ccccc1Cl. The molecule has 0 radical (unpaired) electrons. The van der Waals surface area contributed by atoms with Gasteiger partial charge >= 0.3 is 0 Å². The zero-order chi connectivity index (χ0) is 18.2. The number of carbonyl (C=O) groups is 1. The van der Waals surface area contributed by atoms with E-state index in [2.05, 4.69) is 5.10 Å². The van der Waals surface area contributed by atoms with E-state index in [0.717, 1.165) is 0 Å². The molecule has 1 amide bonds. The van der Waals surface area contributed by atoms with Crippen molar-refractivity contribution >= 4 is 45.0 Å². The number of sulfonamides is 1. The van der Waals surface area contributed by atoms with Crippen LogP contribution in [0.5, 0.6) is 0 Å². The first-order valence-electron chi connectivity index (χ1n) is 7.26. The first-order valence-corrected chi connectivity index (χ1v) is 9.19. The second kappa shape index (κ2) is 6.44. The molecule has 1 aliphatic heterocycles. The number of amides is 1. The lowest BCUT2D eigenvalue weighted by Crippen LogP contribution is -2.21. The fraction of sp³-hybridized carbons (Fsp3) is 0.0588. The molecule has 1 heterocycles. The maximum Gasteiger partial charge on any atom is 0.280 e. The molecule has 1 aliphatic rings. The molecular formula is C17H14ClN3O3S. The molecule has 0 atom stereocenters. The van der Waals surface area contributed by atoms with Crippen molar-refractivity contribution in [3.05, 3.63) is 64.7 Å². The topological polar surface area (TPSA) is 92.8 Å². The standard InChI is InChI=1S/C17H14ClN3O3S/c1-11-15(10-12-4-2-3-5-16(12)18)17(22)21(20-11)13-6-8-14(9-7-13)25(19,23)24/h2-10H,1H3,(H2,19,23,24)/b15-10-. The van der Waals surface area contributed by atoms with Gasteiger partial charge in [-0.05, 0) is 48.9 Å². The van der Waals surface area contributed by atoms with Crippen molar-refractivity contribution < 1.29 is 13.2 Å². The Kier molecular flexibility index (Phi) is 4.47. The number of hydrazone groups is 1. The van der Waals surface area contributed by atoms with E-state index in [-0.39, 0.29) is 10.8 Å². The third-order valence-electron chi connectivity index (χ3n) is 3.68. The third kappa shape index (κ3) is 3.48. The van der Waals surface area contributed by atoms with Gasteiger partial charge in [-0.1, -0.05) is 29.8 Å². The van der Waals surface area contributed by atoms with Crippen molar-refractivity contribution in [1.82, 2.24) is 0 Å². The highest BCUT2D eigenvalue weighted by Gasteiger charge is 2.29. The predicted molar refractivity (Wildman–Crippen MR) is 97.8 cm³/mol. The molecule has 0 aliphatic carbocycles. The zero-order valence-corrected chi connectivity index (χ0v) is 14.8. The normalized spacial score (nSPS) is 16.4. The van der Waals surface area contributed by atoms with Crippen molar-refractivity contribution in [2.24, 2.45) is 10.2 Å². The fourth-order valence-electron chi connectivity index (χ4n) is 2.38. The smallest absolute Gasteiger partial charge is 0.267 e. The van der Waals surface area contributed by atoms with Gasteiger partial charge in [0.05, 0.1) is 21.9 Å². The maximum absolute atomic E-state index is 12.7. The van der Waals surface area contributed by atoms with E-state index in [1.165, 1.54) is 29.3 Å². The van der Waals surface area contributed by atoms with Gasteiger partial charge in [-0.2, -0.15) is 10.1 Å². The summed E-state index contributed by atoms with van der Waals surface area (Å²) in [7, 11) is -3.79. The van der Waals surface area contributed by atoms with Crippen LogP contribution in [0.4, 0.5) is 5.69 Å². The summed E-state index contributed by atoms with van der Waals surface area (Å²) < 4.78 is 22.6. The quantitative estimate of drug-likeness (QED) is 0.836. The Hall–Kier alpha value is -2.48. The second-order valence-corrected chi connectivity index (χ2v) is 7.39. The lowest BCUT2D eigenvalue weighted by atomic mass is 10.1. The summed E-state index contributed by atoms with van der Waals surface area (Å²) in [6, 6.07) is 12.8. The summed E-state index contributed by atoms with van der Waals surface area (Å²) >= 11 is 6.13. The van der Waals surface area contributed by atoms with Gasteiger partial charge in [0, 0.05) is 5.02 Å². The van der Waals surface area contributed by atoms with Crippen molar-refractivity contribution in [3.8, 4) is 0 Å². The van der Waals surface area contributed by atoms with Crippen LogP contribution in [0.2, 0.25) is 5.02 Å². The number of hydrogen-bond donors (Lipinski definition) is 1. The van der Waals surface area contributed by atoms with Gasteiger partial charge in [0.15, 0.2) is 0 Å². The van der Waals surface area contributed by atoms with Crippen molar-refractivity contribution in [3.63, 3.8) is 0 Å². The number of anilines is 1. The summed E-state index contributed by atoms with van der Waals surface area (Å²) in [6.07, 6.45) is 1.68. The average Bonchev–Trinajstić information content (AvgIpc) is 2.84. The van der Waals surface area contributed by atoms with Crippen LogP contribution in [0.15, 0.2) is 64.1 Å². The van der Waals surface area contributed by atoms with Crippen LogP contribution >= 0.6 is 11.6 Å². The maximum atomic E-state index is 12.7. The van der Waals surface area contributed by atoms with Crippen LogP contribution < -0.4 is 10.1 Å². The lowest BCUT2D eigenvalue weighted by Gasteiger charge is -2.12. The van der Waals surface area contributed by atoms with Gasteiger partial charge in [0.2, 0.25) is 10.0 Å². The largest absolute Gasteiger partial charge is 0.280 e. The van der Waals surface area contributed by atoms with E-state index in [1.807, 2.05) is 6.07 Å². The molecule has 2 aromatic rings. The number of nitrogens with zero attached hydrogens (tertiary/aromatic N) is 2. The number of benzene rings is 2. The van der Waals surface area contributed by atoms with Crippen LogP contribution in [0, 0.1) is 0 Å². The third-order valence-corrected chi connectivity index (χ3v) is 4.95. The minimum atomic E-state index is -3.79. The summed E-state index contributed by atoms with van der Waals surface area (Å²) in [6.45, 7) is 1.72. The first kappa shape index (κ1) is 17.3. The van der Waals surface area contributed by atoms with Crippen LogP contribution in [0.25, 0.3) is 6.08 Å². The van der Waals surface area contributed by atoms with Gasteiger partial charge in [0.1, 0.15) is 0 Å². The van der Waals surface area contributed by atoms with Crippen LogP contribution in [0.1, 0.15) is 12.5 Å². The molecule has 0 spiro atoms. The first-order chi connectivity index (χ1) is 11.8. The molecule has 0 unspecified atom stereocenters. The minimum absolute atomic E-state index is 0.0320. The van der Waals surface area contributed by atoms with E-state index in [4.69, 9.17) is 16.7 Å². The molecule has 0 fully saturated rings. The average molecular weight is 376 g/mol. The Labute approximate surface area is 150 Å². The Morgan fingerprint density at radius 3 is 2.36 bits per heavy atom. The highest BCUT2D eigenvalue weighted by molar-refractivity contribution is 7.89. The molecule has 25 heavy (non-hydrogen) atoms. The number of primary sulfonamides is 1. The fourth-order valence-corrected chi connectivity index (χ4v) is 3.09. The van der Waals surface area contributed by atoms with E-state index in [1.54, 1.807) is 31.2 Å². The van der Waals surface area contributed by atoms with E-state index in [9.17, 15) is 13.2 Å². The van der Waals surface area contributed by atoms with Crippen LogP contribution in [-0.4, -0.2) is 20.0 Å². The van der Waals surface area contributed by atoms with E-state index in [0.29, 0.717) is 27.6 Å². The van der Waals surface area contributed by atoms with Gasteiger partial charge in [-0.3, -0.25) is 4.79 Å². The van der Waals surface area contributed by atoms with Gasteiger partial charge in [-0.25, -0.2) is 13.6 Å².